The fourth-order valence-electron chi connectivity index (χ4n) is 2.28. The number of rotatable bonds is 2. The number of para-hydroxylation sites is 1. The molecule has 1 heterocycles. The molecule has 0 aromatic heterocycles. The van der Waals surface area contributed by atoms with Gasteiger partial charge in [0, 0.05) is 25.2 Å². The molecule has 1 saturated heterocycles. The Labute approximate surface area is 113 Å². The van der Waals surface area contributed by atoms with Gasteiger partial charge in [-0.15, -0.1) is 0 Å². The average molecular weight is 273 g/mol. The number of nitrogens with zero attached hydrogens (tertiary/aromatic N) is 1. The van der Waals surface area contributed by atoms with Crippen molar-refractivity contribution in [3.63, 3.8) is 0 Å². The first kappa shape index (κ1) is 13.0. The maximum absolute atomic E-state index is 6.27. The van der Waals surface area contributed by atoms with E-state index in [1.54, 1.807) is 0 Å². The van der Waals surface area contributed by atoms with Crippen LogP contribution in [0.15, 0.2) is 18.2 Å². The molecule has 0 radical (unpaired) electrons. The molecule has 0 aliphatic carbocycles. The highest BCUT2D eigenvalue weighted by Crippen LogP contribution is 2.35. The van der Waals surface area contributed by atoms with E-state index in [-0.39, 0.29) is 0 Å². The van der Waals surface area contributed by atoms with Gasteiger partial charge in [0.25, 0.3) is 0 Å². The molecular formula is C13H18Cl2N2. The van der Waals surface area contributed by atoms with Crippen molar-refractivity contribution >= 4 is 28.9 Å². The van der Waals surface area contributed by atoms with Crippen molar-refractivity contribution in [2.24, 2.45) is 0 Å². The minimum atomic E-state index is 0.412. The van der Waals surface area contributed by atoms with E-state index in [0.29, 0.717) is 12.1 Å². The molecule has 94 valence electrons. The van der Waals surface area contributed by atoms with Gasteiger partial charge in [-0.2, -0.15) is 0 Å². The second-order valence-electron chi connectivity index (χ2n) is 4.59. The summed E-state index contributed by atoms with van der Waals surface area (Å²) in [5, 5.41) is 5.00. The predicted molar refractivity (Wildman–Crippen MR) is 75.4 cm³/mol. The zero-order valence-electron chi connectivity index (χ0n) is 10.2. The third-order valence-electron chi connectivity index (χ3n) is 3.37. The Morgan fingerprint density at radius 3 is 2.59 bits per heavy atom. The number of anilines is 1. The smallest absolute Gasteiger partial charge is 0.0748 e. The van der Waals surface area contributed by atoms with E-state index in [0.717, 1.165) is 35.2 Å². The SMILES string of the molecule is CCC1CN(c2c(Cl)cccc2Cl)C(C)CN1. The second-order valence-corrected chi connectivity index (χ2v) is 5.40. The van der Waals surface area contributed by atoms with Crippen molar-refractivity contribution in [3.05, 3.63) is 28.2 Å². The second kappa shape index (κ2) is 5.47. The zero-order chi connectivity index (χ0) is 12.4. The molecule has 0 spiro atoms. The van der Waals surface area contributed by atoms with Gasteiger partial charge >= 0.3 is 0 Å². The molecule has 1 aliphatic heterocycles. The highest BCUT2D eigenvalue weighted by atomic mass is 35.5. The maximum atomic E-state index is 6.27. The summed E-state index contributed by atoms with van der Waals surface area (Å²) in [5.41, 5.74) is 0.975. The molecule has 1 aromatic carbocycles. The molecule has 1 aromatic rings. The molecule has 1 N–H and O–H groups in total. The predicted octanol–water partition coefficient (Wildman–Crippen LogP) is 3.57. The van der Waals surface area contributed by atoms with Crippen molar-refractivity contribution in [2.75, 3.05) is 18.0 Å². The number of halogens is 2. The van der Waals surface area contributed by atoms with E-state index in [2.05, 4.69) is 24.1 Å². The summed E-state index contributed by atoms with van der Waals surface area (Å²) in [7, 11) is 0. The first-order valence-electron chi connectivity index (χ1n) is 6.07. The number of nitrogens with one attached hydrogen (secondary N) is 1. The quantitative estimate of drug-likeness (QED) is 0.886. The third-order valence-corrected chi connectivity index (χ3v) is 3.98. The van der Waals surface area contributed by atoms with E-state index < -0.39 is 0 Å². The highest BCUT2D eigenvalue weighted by Gasteiger charge is 2.26. The molecule has 2 nitrogen and oxygen atoms in total. The number of benzene rings is 1. The lowest BCUT2D eigenvalue weighted by atomic mass is 10.1. The Balaban J connectivity index is 2.30. The Kier molecular flexibility index (Phi) is 4.18. The molecule has 2 rings (SSSR count). The van der Waals surface area contributed by atoms with Crippen LogP contribution in [0.1, 0.15) is 20.3 Å². The van der Waals surface area contributed by atoms with E-state index in [9.17, 15) is 0 Å². The van der Waals surface area contributed by atoms with E-state index in [4.69, 9.17) is 23.2 Å². The van der Waals surface area contributed by atoms with Crippen LogP contribution < -0.4 is 10.2 Å². The molecule has 0 bridgehead atoms. The van der Waals surface area contributed by atoms with Crippen LogP contribution in [0.2, 0.25) is 10.0 Å². The van der Waals surface area contributed by atoms with Crippen molar-refractivity contribution in [2.45, 2.75) is 32.4 Å². The molecule has 1 fully saturated rings. The molecule has 2 unspecified atom stereocenters. The van der Waals surface area contributed by atoms with Crippen molar-refractivity contribution in [3.8, 4) is 0 Å². The molecule has 17 heavy (non-hydrogen) atoms. The summed E-state index contributed by atoms with van der Waals surface area (Å²) in [5.74, 6) is 0. The minimum Gasteiger partial charge on any atom is -0.364 e. The van der Waals surface area contributed by atoms with Gasteiger partial charge in [-0.3, -0.25) is 0 Å². The summed E-state index contributed by atoms with van der Waals surface area (Å²) in [6, 6.07) is 6.61. The lowest BCUT2D eigenvalue weighted by Crippen LogP contribution is -2.55. The summed E-state index contributed by atoms with van der Waals surface area (Å²) in [6.07, 6.45) is 1.12. The normalized spacial score (nSPS) is 25.1. The van der Waals surface area contributed by atoms with Crippen LogP contribution in [0, 0.1) is 0 Å². The number of hydrogen-bond acceptors (Lipinski definition) is 2. The molecular weight excluding hydrogens is 255 g/mol. The average Bonchev–Trinajstić information content (AvgIpc) is 2.31. The number of piperazine rings is 1. The highest BCUT2D eigenvalue weighted by molar-refractivity contribution is 6.39. The Morgan fingerprint density at radius 1 is 1.35 bits per heavy atom. The lowest BCUT2D eigenvalue weighted by molar-refractivity contribution is 0.397. The van der Waals surface area contributed by atoms with Crippen LogP contribution in [0.4, 0.5) is 5.69 Å². The summed E-state index contributed by atoms with van der Waals surface area (Å²) >= 11 is 12.5. The Morgan fingerprint density at radius 2 is 2.00 bits per heavy atom. The van der Waals surface area contributed by atoms with Crippen molar-refractivity contribution in [1.82, 2.24) is 5.32 Å². The van der Waals surface area contributed by atoms with Gasteiger partial charge in [0.1, 0.15) is 0 Å². The van der Waals surface area contributed by atoms with Crippen LogP contribution >= 0.6 is 23.2 Å². The third kappa shape index (κ3) is 2.70. The van der Waals surface area contributed by atoms with Crippen molar-refractivity contribution in [1.29, 1.82) is 0 Å². The maximum Gasteiger partial charge on any atom is 0.0748 e. The fourth-order valence-corrected chi connectivity index (χ4v) is 2.89. The van der Waals surface area contributed by atoms with Gasteiger partial charge in [-0.05, 0) is 25.5 Å². The standard InChI is InChI=1S/C13H18Cl2N2/c1-3-10-8-17(9(2)7-16-10)13-11(14)5-4-6-12(13)15/h4-6,9-10,16H,3,7-8H2,1-2H3. The van der Waals surface area contributed by atoms with Crippen LogP contribution in [0.3, 0.4) is 0 Å². The molecule has 2 atom stereocenters. The largest absolute Gasteiger partial charge is 0.364 e. The van der Waals surface area contributed by atoms with Gasteiger partial charge in [0.15, 0.2) is 0 Å². The Hall–Kier alpha value is -0.440. The van der Waals surface area contributed by atoms with Gasteiger partial charge in [-0.25, -0.2) is 0 Å². The first-order chi connectivity index (χ1) is 8.13. The molecule has 0 saturated carbocycles. The van der Waals surface area contributed by atoms with E-state index >= 15 is 0 Å². The first-order valence-corrected chi connectivity index (χ1v) is 6.83. The Bertz CT molecular complexity index is 375. The summed E-state index contributed by atoms with van der Waals surface area (Å²) < 4.78 is 0. The monoisotopic (exact) mass is 272 g/mol. The lowest BCUT2D eigenvalue weighted by Gasteiger charge is -2.41. The molecule has 1 aliphatic rings. The van der Waals surface area contributed by atoms with Gasteiger partial charge in [0.05, 0.1) is 15.7 Å². The minimum absolute atomic E-state index is 0.412. The molecule has 4 heteroatoms. The van der Waals surface area contributed by atoms with Crippen LogP contribution in [0.5, 0.6) is 0 Å². The summed E-state index contributed by atoms with van der Waals surface area (Å²) in [4.78, 5) is 2.31. The van der Waals surface area contributed by atoms with E-state index in [1.165, 1.54) is 0 Å². The van der Waals surface area contributed by atoms with Crippen LogP contribution in [0.25, 0.3) is 0 Å². The summed E-state index contributed by atoms with van der Waals surface area (Å²) in [6.45, 7) is 6.32. The van der Waals surface area contributed by atoms with Crippen LogP contribution in [-0.2, 0) is 0 Å². The topological polar surface area (TPSA) is 15.3 Å². The number of hydrogen-bond donors (Lipinski definition) is 1. The van der Waals surface area contributed by atoms with E-state index in [1.807, 2.05) is 18.2 Å². The molecule has 0 amide bonds. The van der Waals surface area contributed by atoms with Crippen LogP contribution in [-0.4, -0.2) is 25.2 Å². The van der Waals surface area contributed by atoms with Gasteiger partial charge in [-0.1, -0.05) is 36.2 Å². The van der Waals surface area contributed by atoms with Gasteiger partial charge in [0.2, 0.25) is 0 Å². The fraction of sp³-hybridized carbons (Fsp3) is 0.538. The van der Waals surface area contributed by atoms with Gasteiger partial charge < -0.3 is 10.2 Å². The zero-order valence-corrected chi connectivity index (χ0v) is 11.7. The van der Waals surface area contributed by atoms with Crippen molar-refractivity contribution < 1.29 is 0 Å².